The van der Waals surface area contributed by atoms with Crippen LogP contribution in [0.3, 0.4) is 0 Å². The summed E-state index contributed by atoms with van der Waals surface area (Å²) in [5.74, 6) is 0. The van der Waals surface area contributed by atoms with E-state index in [1.165, 1.54) is 12.8 Å². The quantitative estimate of drug-likeness (QED) is 0.832. The number of nitrogens with zero attached hydrogens (tertiary/aromatic N) is 1. The molecule has 2 rings (SSSR count). The minimum Gasteiger partial charge on any atom is -0.378 e. The van der Waals surface area contributed by atoms with Crippen LogP contribution in [0.1, 0.15) is 25.0 Å². The SMILES string of the molecule is Cc1csc(NCCC2CCCO2)n1. The van der Waals surface area contributed by atoms with Crippen molar-refractivity contribution in [3.63, 3.8) is 0 Å². The number of aryl methyl sites for hydroxylation is 1. The highest BCUT2D eigenvalue weighted by Gasteiger charge is 2.14. The van der Waals surface area contributed by atoms with Gasteiger partial charge < -0.3 is 10.1 Å². The Hall–Kier alpha value is -0.610. The zero-order valence-electron chi connectivity index (χ0n) is 8.45. The molecule has 1 fully saturated rings. The zero-order chi connectivity index (χ0) is 9.80. The molecule has 1 saturated heterocycles. The third kappa shape index (κ3) is 2.69. The van der Waals surface area contributed by atoms with E-state index in [-0.39, 0.29) is 0 Å². The predicted octanol–water partition coefficient (Wildman–Crippen LogP) is 2.43. The second-order valence-electron chi connectivity index (χ2n) is 3.64. The maximum absolute atomic E-state index is 5.54. The van der Waals surface area contributed by atoms with Gasteiger partial charge in [0.25, 0.3) is 0 Å². The van der Waals surface area contributed by atoms with Gasteiger partial charge in [-0.3, -0.25) is 0 Å². The van der Waals surface area contributed by atoms with Crippen molar-refractivity contribution in [1.29, 1.82) is 0 Å². The molecule has 1 aliphatic rings. The third-order valence-electron chi connectivity index (χ3n) is 2.39. The second kappa shape index (κ2) is 4.75. The zero-order valence-corrected chi connectivity index (χ0v) is 9.27. The lowest BCUT2D eigenvalue weighted by Gasteiger charge is -2.08. The van der Waals surface area contributed by atoms with Gasteiger partial charge in [0.15, 0.2) is 5.13 Å². The minimum absolute atomic E-state index is 0.476. The Kier molecular flexibility index (Phi) is 3.37. The van der Waals surface area contributed by atoms with Gasteiger partial charge in [-0.1, -0.05) is 0 Å². The molecule has 1 aromatic heterocycles. The highest BCUT2D eigenvalue weighted by molar-refractivity contribution is 7.13. The van der Waals surface area contributed by atoms with Crippen molar-refractivity contribution in [2.75, 3.05) is 18.5 Å². The molecule has 0 saturated carbocycles. The van der Waals surface area contributed by atoms with E-state index >= 15 is 0 Å². The summed E-state index contributed by atoms with van der Waals surface area (Å²) in [6.07, 6.45) is 4.02. The van der Waals surface area contributed by atoms with Crippen LogP contribution in [0.2, 0.25) is 0 Å². The van der Waals surface area contributed by atoms with Crippen LogP contribution in [0.4, 0.5) is 5.13 Å². The smallest absolute Gasteiger partial charge is 0.182 e. The number of ether oxygens (including phenoxy) is 1. The molecular formula is C10H16N2OS. The van der Waals surface area contributed by atoms with Crippen molar-refractivity contribution in [2.24, 2.45) is 0 Å². The molecule has 0 spiro atoms. The minimum atomic E-state index is 0.476. The van der Waals surface area contributed by atoms with Gasteiger partial charge in [0.2, 0.25) is 0 Å². The van der Waals surface area contributed by atoms with Crippen LogP contribution in [0.15, 0.2) is 5.38 Å². The fraction of sp³-hybridized carbons (Fsp3) is 0.700. The lowest BCUT2D eigenvalue weighted by atomic mass is 10.2. The first-order valence-corrected chi connectivity index (χ1v) is 6.00. The Labute approximate surface area is 88.5 Å². The standard InChI is InChI=1S/C10H16N2OS/c1-8-7-14-10(12-8)11-5-4-9-3-2-6-13-9/h7,9H,2-6H2,1H3,(H,11,12). The summed E-state index contributed by atoms with van der Waals surface area (Å²) in [7, 11) is 0. The van der Waals surface area contributed by atoms with Crippen LogP contribution in [0.5, 0.6) is 0 Å². The molecule has 0 aromatic carbocycles. The fourth-order valence-electron chi connectivity index (χ4n) is 1.65. The molecule has 14 heavy (non-hydrogen) atoms. The van der Waals surface area contributed by atoms with Gasteiger partial charge in [-0.2, -0.15) is 0 Å². The predicted molar refractivity (Wildman–Crippen MR) is 58.9 cm³/mol. The maximum atomic E-state index is 5.54. The molecule has 0 bridgehead atoms. The highest BCUT2D eigenvalue weighted by atomic mass is 32.1. The Morgan fingerprint density at radius 3 is 3.29 bits per heavy atom. The Bertz CT molecular complexity index is 281. The lowest BCUT2D eigenvalue weighted by Crippen LogP contribution is -2.12. The van der Waals surface area contributed by atoms with Gasteiger partial charge in [-0.15, -0.1) is 11.3 Å². The van der Waals surface area contributed by atoms with Crippen molar-refractivity contribution in [2.45, 2.75) is 32.3 Å². The number of nitrogens with one attached hydrogen (secondary N) is 1. The molecule has 1 aliphatic heterocycles. The summed E-state index contributed by atoms with van der Waals surface area (Å²) in [4.78, 5) is 4.34. The van der Waals surface area contributed by atoms with E-state index in [0.29, 0.717) is 6.10 Å². The topological polar surface area (TPSA) is 34.1 Å². The van der Waals surface area contributed by atoms with E-state index in [0.717, 1.165) is 30.4 Å². The molecule has 1 N–H and O–H groups in total. The molecule has 0 aliphatic carbocycles. The average Bonchev–Trinajstić information content (AvgIpc) is 2.77. The van der Waals surface area contributed by atoms with Gasteiger partial charge in [0, 0.05) is 18.5 Å². The molecule has 1 aromatic rings. The third-order valence-corrected chi connectivity index (χ3v) is 3.30. The van der Waals surface area contributed by atoms with E-state index in [2.05, 4.69) is 15.7 Å². The Balaban J connectivity index is 1.67. The maximum Gasteiger partial charge on any atom is 0.182 e. The molecule has 4 heteroatoms. The van der Waals surface area contributed by atoms with Crippen LogP contribution in [-0.2, 0) is 4.74 Å². The molecule has 1 unspecified atom stereocenters. The van der Waals surface area contributed by atoms with Gasteiger partial charge in [0.1, 0.15) is 0 Å². The van der Waals surface area contributed by atoms with Gasteiger partial charge >= 0.3 is 0 Å². The van der Waals surface area contributed by atoms with E-state index in [9.17, 15) is 0 Å². The highest BCUT2D eigenvalue weighted by Crippen LogP contribution is 2.17. The van der Waals surface area contributed by atoms with Crippen LogP contribution in [0.25, 0.3) is 0 Å². The molecule has 0 radical (unpaired) electrons. The number of hydrogen-bond acceptors (Lipinski definition) is 4. The van der Waals surface area contributed by atoms with E-state index < -0.39 is 0 Å². The number of hydrogen-bond donors (Lipinski definition) is 1. The fourth-order valence-corrected chi connectivity index (χ4v) is 2.36. The van der Waals surface area contributed by atoms with E-state index in [1.807, 2.05) is 6.92 Å². The molecule has 0 amide bonds. The second-order valence-corrected chi connectivity index (χ2v) is 4.50. The number of rotatable bonds is 4. The van der Waals surface area contributed by atoms with Gasteiger partial charge in [-0.05, 0) is 26.2 Å². The molecule has 1 atom stereocenters. The van der Waals surface area contributed by atoms with Crippen molar-refractivity contribution >= 4 is 16.5 Å². The Morgan fingerprint density at radius 2 is 2.64 bits per heavy atom. The molecule has 2 heterocycles. The van der Waals surface area contributed by atoms with Crippen molar-refractivity contribution in [3.05, 3.63) is 11.1 Å². The summed E-state index contributed by atoms with van der Waals surface area (Å²) in [6.45, 7) is 3.93. The van der Waals surface area contributed by atoms with Crippen LogP contribution < -0.4 is 5.32 Å². The summed E-state index contributed by atoms with van der Waals surface area (Å²) >= 11 is 1.67. The van der Waals surface area contributed by atoms with Gasteiger partial charge in [0.05, 0.1) is 11.8 Å². The average molecular weight is 212 g/mol. The van der Waals surface area contributed by atoms with E-state index in [1.54, 1.807) is 11.3 Å². The first-order valence-electron chi connectivity index (χ1n) is 5.12. The monoisotopic (exact) mass is 212 g/mol. The van der Waals surface area contributed by atoms with Crippen LogP contribution in [-0.4, -0.2) is 24.2 Å². The summed E-state index contributed by atoms with van der Waals surface area (Å²) in [5, 5.41) is 6.41. The molecule has 3 nitrogen and oxygen atoms in total. The summed E-state index contributed by atoms with van der Waals surface area (Å²) in [6, 6.07) is 0. The van der Waals surface area contributed by atoms with Crippen LogP contribution >= 0.6 is 11.3 Å². The van der Waals surface area contributed by atoms with Crippen molar-refractivity contribution in [3.8, 4) is 0 Å². The first-order chi connectivity index (χ1) is 6.84. The van der Waals surface area contributed by atoms with Crippen LogP contribution in [0, 0.1) is 6.92 Å². The largest absolute Gasteiger partial charge is 0.378 e. The van der Waals surface area contributed by atoms with Gasteiger partial charge in [-0.25, -0.2) is 4.98 Å². The molecular weight excluding hydrogens is 196 g/mol. The van der Waals surface area contributed by atoms with Crippen molar-refractivity contribution < 1.29 is 4.74 Å². The lowest BCUT2D eigenvalue weighted by molar-refractivity contribution is 0.107. The summed E-state index contributed by atoms with van der Waals surface area (Å²) < 4.78 is 5.54. The number of aromatic nitrogens is 1. The number of anilines is 1. The Morgan fingerprint density at radius 1 is 1.71 bits per heavy atom. The number of thiazole rings is 1. The first kappa shape index (κ1) is 9.93. The van der Waals surface area contributed by atoms with Crippen molar-refractivity contribution in [1.82, 2.24) is 4.98 Å². The molecule has 78 valence electrons. The normalized spacial score (nSPS) is 21.4. The summed E-state index contributed by atoms with van der Waals surface area (Å²) in [5.41, 5.74) is 1.09. The van der Waals surface area contributed by atoms with E-state index in [4.69, 9.17) is 4.74 Å².